The molecule has 6 unspecified atom stereocenters. The van der Waals surface area contributed by atoms with Crippen molar-refractivity contribution in [3.8, 4) is 0 Å². The summed E-state index contributed by atoms with van der Waals surface area (Å²) in [5.74, 6) is -0.603. The second kappa shape index (κ2) is 9.32. The van der Waals surface area contributed by atoms with Crippen molar-refractivity contribution in [3.63, 3.8) is 0 Å². The monoisotopic (exact) mass is 610 g/mol. The highest BCUT2D eigenvalue weighted by atomic mass is 35.5. The molecule has 0 spiro atoms. The van der Waals surface area contributed by atoms with E-state index in [2.05, 4.69) is 13.8 Å². The van der Waals surface area contributed by atoms with Gasteiger partial charge < -0.3 is 14.6 Å². The van der Waals surface area contributed by atoms with Gasteiger partial charge in [-0.15, -0.1) is 11.8 Å². The van der Waals surface area contributed by atoms with Crippen LogP contribution in [0.3, 0.4) is 0 Å². The number of aliphatic hydroxyl groups is 1. The Morgan fingerprint density at radius 2 is 1.85 bits per heavy atom. The average Bonchev–Trinajstić information content (AvgIpc) is 3.26. The molecule has 8 atom stereocenters. The number of ether oxygens (including phenoxy) is 2. The van der Waals surface area contributed by atoms with Crippen LogP contribution < -0.4 is 0 Å². The van der Waals surface area contributed by atoms with Gasteiger partial charge in [0.1, 0.15) is 0 Å². The Hall–Kier alpha value is -0.860. The van der Waals surface area contributed by atoms with E-state index >= 15 is 0 Å². The first-order valence-corrected chi connectivity index (χ1v) is 15.6. The minimum atomic E-state index is -1.20. The van der Waals surface area contributed by atoms with E-state index in [9.17, 15) is 14.7 Å². The number of ketones is 2. The highest BCUT2D eigenvalue weighted by Gasteiger charge is 2.76. The van der Waals surface area contributed by atoms with Crippen LogP contribution in [-0.2, 0) is 19.1 Å². The van der Waals surface area contributed by atoms with E-state index in [1.807, 2.05) is 19.9 Å². The number of halogens is 3. The van der Waals surface area contributed by atoms with Crippen molar-refractivity contribution in [3.05, 3.63) is 51.0 Å². The van der Waals surface area contributed by atoms with E-state index in [1.165, 1.54) is 11.8 Å². The van der Waals surface area contributed by atoms with Gasteiger partial charge >= 0.3 is 0 Å². The van der Waals surface area contributed by atoms with Crippen molar-refractivity contribution < 1.29 is 24.2 Å². The fourth-order valence-corrected chi connectivity index (χ4v) is 10.5. The maximum absolute atomic E-state index is 14.4. The van der Waals surface area contributed by atoms with Gasteiger partial charge in [0, 0.05) is 21.6 Å². The molecule has 1 aromatic rings. The van der Waals surface area contributed by atoms with Gasteiger partial charge in [0.05, 0.1) is 33.0 Å². The van der Waals surface area contributed by atoms with Crippen LogP contribution in [0.15, 0.2) is 40.8 Å². The molecular weight excluding hydrogens is 579 g/mol. The lowest BCUT2D eigenvalue weighted by molar-refractivity contribution is -0.223. The predicted octanol–water partition coefficient (Wildman–Crippen LogP) is 7.09. The van der Waals surface area contributed by atoms with E-state index in [0.29, 0.717) is 32.8 Å². The van der Waals surface area contributed by atoms with E-state index in [0.717, 1.165) is 18.4 Å². The summed E-state index contributed by atoms with van der Waals surface area (Å²) < 4.78 is 13.1. The number of Topliss-reactive ketones (excluding diaryl/α,β-unsaturated/α-hetero) is 1. The summed E-state index contributed by atoms with van der Waals surface area (Å²) in [6.45, 7) is 7.97. The molecule has 1 N–H and O–H groups in total. The van der Waals surface area contributed by atoms with Crippen LogP contribution in [-0.4, -0.2) is 46.0 Å². The topological polar surface area (TPSA) is 72.8 Å². The first-order chi connectivity index (χ1) is 18.2. The number of carbonyl (C=O) groups is 2. The highest BCUT2D eigenvalue weighted by Crippen LogP contribution is 2.70. The van der Waals surface area contributed by atoms with Crippen molar-refractivity contribution in [1.29, 1.82) is 0 Å². The number of carbonyl (C=O) groups excluding carboxylic acids is 2. The molecule has 5 nitrogen and oxygen atoms in total. The Bertz CT molecular complexity index is 1330. The van der Waals surface area contributed by atoms with Gasteiger partial charge in [-0.05, 0) is 75.7 Å². The van der Waals surface area contributed by atoms with Crippen LogP contribution in [0.25, 0.3) is 0 Å². The number of rotatable bonds is 4. The van der Waals surface area contributed by atoms with Gasteiger partial charge in [-0.25, -0.2) is 0 Å². The standard InChI is InChI=1S/C30H33Cl3O5S/c1-27(2)37-25-10-18-17-6-5-15-9-16(34)7-8-28(15,3)26(17)22(35)13-29(18,4)30(25,38-27)24(36)14-39-23-12-20(32)19(31)11-21(23)33/h7-9,11-12,17-18,22,25-26,35H,5-6,10,13-14H2,1-4H3/t17?,18?,22?,25-,26?,28?,29?,30-/m1/s1. The summed E-state index contributed by atoms with van der Waals surface area (Å²) in [5.41, 5.74) is -1.10. The number of fused-ring (bicyclic) bond motifs is 7. The summed E-state index contributed by atoms with van der Waals surface area (Å²) >= 11 is 20.1. The zero-order chi connectivity index (χ0) is 28.1. The Kier molecular flexibility index (Phi) is 6.76. The number of hydrogen-bond acceptors (Lipinski definition) is 6. The first kappa shape index (κ1) is 28.3. The van der Waals surface area contributed by atoms with Crippen molar-refractivity contribution in [2.45, 2.75) is 81.9 Å². The molecule has 1 heterocycles. The minimum absolute atomic E-state index is 0.0135. The van der Waals surface area contributed by atoms with Crippen LogP contribution in [0.4, 0.5) is 0 Å². The van der Waals surface area contributed by atoms with E-state index < -0.39 is 29.0 Å². The quantitative estimate of drug-likeness (QED) is 0.290. The fraction of sp³-hybridized carbons (Fsp3) is 0.600. The summed E-state index contributed by atoms with van der Waals surface area (Å²) in [5, 5.41) is 13.0. The van der Waals surface area contributed by atoms with E-state index in [1.54, 1.807) is 24.3 Å². The molecular formula is C30H33Cl3O5S. The van der Waals surface area contributed by atoms with Crippen molar-refractivity contribution in [2.24, 2.45) is 28.6 Å². The van der Waals surface area contributed by atoms with Gasteiger partial charge in [-0.2, -0.15) is 0 Å². The molecule has 0 amide bonds. The lowest BCUT2D eigenvalue weighted by atomic mass is 9.46. The van der Waals surface area contributed by atoms with Crippen LogP contribution in [0, 0.1) is 28.6 Å². The van der Waals surface area contributed by atoms with Crippen molar-refractivity contribution in [2.75, 3.05) is 5.75 Å². The molecule has 0 bridgehead atoms. The number of aliphatic hydroxyl groups excluding tert-OH is 1. The van der Waals surface area contributed by atoms with Crippen LogP contribution >= 0.6 is 46.6 Å². The average molecular weight is 612 g/mol. The van der Waals surface area contributed by atoms with Crippen LogP contribution in [0.2, 0.25) is 15.1 Å². The predicted molar refractivity (Wildman–Crippen MR) is 153 cm³/mol. The molecule has 9 heteroatoms. The molecule has 1 aliphatic heterocycles. The van der Waals surface area contributed by atoms with Gasteiger partial charge in [0.2, 0.25) is 0 Å². The summed E-state index contributed by atoms with van der Waals surface area (Å²) in [4.78, 5) is 27.2. The normalized spacial score (nSPS) is 41.9. The molecule has 6 rings (SSSR count). The Balaban J connectivity index is 1.35. The fourth-order valence-electron chi connectivity index (χ4n) is 8.79. The maximum atomic E-state index is 14.4. The molecule has 1 saturated heterocycles. The third-order valence-corrected chi connectivity index (χ3v) is 12.4. The third-order valence-electron chi connectivity index (χ3n) is 10.2. The Morgan fingerprint density at radius 3 is 2.59 bits per heavy atom. The summed E-state index contributed by atoms with van der Waals surface area (Å²) in [6.07, 6.45) is 7.09. The lowest BCUT2D eigenvalue weighted by Crippen LogP contribution is -2.63. The Labute approximate surface area is 248 Å². The second-order valence-corrected chi connectivity index (χ2v) is 14.9. The van der Waals surface area contributed by atoms with E-state index in [4.69, 9.17) is 44.3 Å². The second-order valence-electron chi connectivity index (χ2n) is 12.7. The van der Waals surface area contributed by atoms with Gasteiger partial charge in [-0.1, -0.05) is 60.3 Å². The summed E-state index contributed by atoms with van der Waals surface area (Å²) in [7, 11) is 0. The van der Waals surface area contributed by atoms with Crippen LogP contribution in [0.1, 0.15) is 53.4 Å². The van der Waals surface area contributed by atoms with Crippen molar-refractivity contribution in [1.82, 2.24) is 0 Å². The first-order valence-electron chi connectivity index (χ1n) is 13.5. The number of hydrogen-bond donors (Lipinski definition) is 1. The zero-order valence-corrected chi connectivity index (χ0v) is 25.5. The zero-order valence-electron chi connectivity index (χ0n) is 22.4. The molecule has 210 valence electrons. The molecule has 3 saturated carbocycles. The summed E-state index contributed by atoms with van der Waals surface area (Å²) in [6, 6.07) is 3.27. The van der Waals surface area contributed by atoms with Gasteiger partial charge in [0.25, 0.3) is 0 Å². The van der Waals surface area contributed by atoms with Crippen molar-refractivity contribution >= 4 is 58.1 Å². The molecule has 39 heavy (non-hydrogen) atoms. The van der Waals surface area contributed by atoms with Crippen LogP contribution in [0.5, 0.6) is 0 Å². The molecule has 1 aromatic carbocycles. The van der Waals surface area contributed by atoms with Gasteiger partial charge in [-0.3, -0.25) is 9.59 Å². The van der Waals surface area contributed by atoms with E-state index in [-0.39, 0.29) is 40.5 Å². The molecule has 5 aliphatic rings. The third kappa shape index (κ3) is 4.07. The van der Waals surface area contributed by atoms with Gasteiger partial charge in [0.15, 0.2) is 23.0 Å². The molecule has 0 radical (unpaired) electrons. The number of benzene rings is 1. The smallest absolute Gasteiger partial charge is 0.178 e. The molecule has 0 aromatic heterocycles. The Morgan fingerprint density at radius 1 is 1.13 bits per heavy atom. The highest BCUT2D eigenvalue weighted by molar-refractivity contribution is 8.00. The SMILES string of the molecule is CC1(C)O[C@@H]2CC3C4CCC5=CC(=O)C=CC5(C)C4C(O)CC3(C)[C@]2(C(=O)CSc2cc(Cl)c(Cl)cc2Cl)O1. The molecule has 4 fully saturated rings. The number of allylic oxidation sites excluding steroid dienone is 4. The largest absolute Gasteiger partial charge is 0.393 e. The lowest BCUT2D eigenvalue weighted by Gasteiger charge is -2.60. The molecule has 4 aliphatic carbocycles. The minimum Gasteiger partial charge on any atom is -0.393 e. The maximum Gasteiger partial charge on any atom is 0.178 e. The number of thioether (sulfide) groups is 1.